The van der Waals surface area contributed by atoms with Crippen molar-refractivity contribution >= 4 is 11.4 Å². The molecule has 0 aliphatic rings. The molecule has 1 aromatic rings. The summed E-state index contributed by atoms with van der Waals surface area (Å²) in [7, 11) is 1.61. The van der Waals surface area contributed by atoms with Crippen LogP contribution in [0.5, 0.6) is 5.75 Å². The molecule has 0 saturated heterocycles. The van der Waals surface area contributed by atoms with Gasteiger partial charge in [0.05, 0.1) is 18.8 Å². The molecular formula is C12H18F2N2O. The quantitative estimate of drug-likeness (QED) is 0.782. The minimum absolute atomic E-state index is 0.308. The smallest absolute Gasteiger partial charge is 0.255 e. The van der Waals surface area contributed by atoms with Crippen LogP contribution in [-0.4, -0.2) is 26.6 Å². The molecule has 0 saturated carbocycles. The molecule has 0 atom stereocenters. The summed E-state index contributed by atoms with van der Waals surface area (Å²) < 4.78 is 30.0. The van der Waals surface area contributed by atoms with E-state index in [-0.39, 0.29) is 6.54 Å². The van der Waals surface area contributed by atoms with Gasteiger partial charge in [-0.3, -0.25) is 0 Å². The van der Waals surface area contributed by atoms with E-state index in [2.05, 4.69) is 0 Å². The van der Waals surface area contributed by atoms with Gasteiger partial charge in [0.25, 0.3) is 6.43 Å². The van der Waals surface area contributed by atoms with Gasteiger partial charge in [-0.25, -0.2) is 8.78 Å². The molecule has 1 aromatic carbocycles. The molecule has 0 heterocycles. The van der Waals surface area contributed by atoms with Gasteiger partial charge >= 0.3 is 0 Å². The van der Waals surface area contributed by atoms with E-state index in [1.807, 2.05) is 6.92 Å². The summed E-state index contributed by atoms with van der Waals surface area (Å²) in [5, 5.41) is 0. The molecule has 17 heavy (non-hydrogen) atoms. The fourth-order valence-corrected chi connectivity index (χ4v) is 1.41. The summed E-state index contributed by atoms with van der Waals surface area (Å²) >= 11 is 0. The lowest BCUT2D eigenvalue weighted by molar-refractivity contribution is 0.156. The summed E-state index contributed by atoms with van der Waals surface area (Å²) in [5.74, 6) is 0.547. The second-order valence-electron chi connectivity index (χ2n) is 3.84. The molecule has 0 aromatic heterocycles. The summed E-state index contributed by atoms with van der Waals surface area (Å²) in [5.41, 5.74) is 6.93. The van der Waals surface area contributed by atoms with Gasteiger partial charge in [0, 0.05) is 18.8 Å². The van der Waals surface area contributed by atoms with Crippen molar-refractivity contribution in [2.45, 2.75) is 19.8 Å². The number of nitrogens with two attached hydrogens (primary N) is 1. The van der Waals surface area contributed by atoms with Gasteiger partial charge in [-0.2, -0.15) is 0 Å². The minimum Gasteiger partial charge on any atom is -0.491 e. The fraction of sp³-hybridized carbons (Fsp3) is 0.500. The third-order valence-corrected chi connectivity index (χ3v) is 2.31. The Bertz CT molecular complexity index is 358. The molecule has 0 radical (unpaired) electrons. The maximum atomic E-state index is 12.3. The lowest BCUT2D eigenvalue weighted by Gasteiger charge is -2.20. The zero-order chi connectivity index (χ0) is 12.8. The van der Waals surface area contributed by atoms with Crippen molar-refractivity contribution in [1.82, 2.24) is 0 Å². The van der Waals surface area contributed by atoms with Crippen LogP contribution in [0.15, 0.2) is 18.2 Å². The summed E-state index contributed by atoms with van der Waals surface area (Å²) in [6.07, 6.45) is -1.49. The van der Waals surface area contributed by atoms with E-state index in [1.165, 1.54) is 4.90 Å². The molecule has 0 spiro atoms. The molecule has 0 aliphatic carbocycles. The number of benzene rings is 1. The van der Waals surface area contributed by atoms with Crippen molar-refractivity contribution in [3.63, 3.8) is 0 Å². The van der Waals surface area contributed by atoms with E-state index in [1.54, 1.807) is 25.2 Å². The third-order valence-electron chi connectivity index (χ3n) is 2.31. The van der Waals surface area contributed by atoms with Crippen molar-refractivity contribution in [1.29, 1.82) is 0 Å². The lowest BCUT2D eigenvalue weighted by atomic mass is 10.2. The Labute approximate surface area is 100 Å². The average Bonchev–Trinajstić information content (AvgIpc) is 2.27. The Morgan fingerprint density at radius 3 is 2.71 bits per heavy atom. The molecular weight excluding hydrogens is 226 g/mol. The summed E-state index contributed by atoms with van der Waals surface area (Å²) in [4.78, 5) is 1.48. The average molecular weight is 244 g/mol. The van der Waals surface area contributed by atoms with Crippen LogP contribution in [0.1, 0.15) is 13.3 Å². The maximum absolute atomic E-state index is 12.3. The third kappa shape index (κ3) is 4.09. The molecule has 1 rings (SSSR count). The van der Waals surface area contributed by atoms with Gasteiger partial charge < -0.3 is 15.4 Å². The first-order valence-corrected chi connectivity index (χ1v) is 5.56. The van der Waals surface area contributed by atoms with E-state index in [4.69, 9.17) is 10.5 Å². The van der Waals surface area contributed by atoms with Crippen LogP contribution in [0.3, 0.4) is 0 Å². The highest BCUT2D eigenvalue weighted by molar-refractivity contribution is 5.62. The molecule has 3 nitrogen and oxygen atoms in total. The van der Waals surface area contributed by atoms with Gasteiger partial charge in [-0.15, -0.1) is 0 Å². The lowest BCUT2D eigenvalue weighted by Crippen LogP contribution is -2.24. The minimum atomic E-state index is -2.36. The molecule has 5 heteroatoms. The number of hydrogen-bond acceptors (Lipinski definition) is 3. The van der Waals surface area contributed by atoms with Crippen molar-refractivity contribution in [2.75, 3.05) is 30.8 Å². The first kappa shape index (κ1) is 13.5. The van der Waals surface area contributed by atoms with Crippen LogP contribution in [-0.2, 0) is 0 Å². The number of nitrogen functional groups attached to an aromatic ring is 1. The Hall–Kier alpha value is -1.52. The number of rotatable bonds is 6. The predicted octanol–water partition coefficient (Wildman–Crippen LogP) is 2.76. The van der Waals surface area contributed by atoms with Gasteiger partial charge in [0.2, 0.25) is 0 Å². The predicted molar refractivity (Wildman–Crippen MR) is 65.9 cm³/mol. The monoisotopic (exact) mass is 244 g/mol. The molecule has 0 amide bonds. The van der Waals surface area contributed by atoms with Crippen molar-refractivity contribution < 1.29 is 13.5 Å². The highest BCUT2D eigenvalue weighted by atomic mass is 19.3. The SMILES string of the molecule is CCCOc1cc(N(C)CC(F)F)ccc1N. The number of ether oxygens (including phenoxy) is 1. The number of hydrogen-bond donors (Lipinski definition) is 1. The van der Waals surface area contributed by atoms with E-state index in [0.717, 1.165) is 6.42 Å². The first-order chi connectivity index (χ1) is 8.04. The Morgan fingerprint density at radius 1 is 1.41 bits per heavy atom. The number of halogens is 2. The van der Waals surface area contributed by atoms with Crippen LogP contribution in [0.4, 0.5) is 20.2 Å². The zero-order valence-corrected chi connectivity index (χ0v) is 10.1. The standard InChI is InChI=1S/C12H18F2N2O/c1-3-6-17-11-7-9(4-5-10(11)15)16(2)8-12(13)14/h4-5,7,12H,3,6,8,15H2,1-2H3. The summed E-state index contributed by atoms with van der Waals surface area (Å²) in [6.45, 7) is 2.24. The van der Waals surface area contributed by atoms with Crippen LogP contribution >= 0.6 is 0 Å². The van der Waals surface area contributed by atoms with Gasteiger partial charge in [0.1, 0.15) is 5.75 Å². The number of anilines is 2. The number of nitrogens with zero attached hydrogens (tertiary/aromatic N) is 1. The second-order valence-corrected chi connectivity index (χ2v) is 3.84. The highest BCUT2D eigenvalue weighted by Gasteiger charge is 2.10. The van der Waals surface area contributed by atoms with Crippen LogP contribution in [0, 0.1) is 0 Å². The topological polar surface area (TPSA) is 38.5 Å². The molecule has 0 unspecified atom stereocenters. The van der Waals surface area contributed by atoms with E-state index in [9.17, 15) is 8.78 Å². The Kier molecular flexibility index (Phi) is 5.00. The van der Waals surface area contributed by atoms with Gasteiger partial charge in [0.15, 0.2) is 0 Å². The summed E-state index contributed by atoms with van der Waals surface area (Å²) in [6, 6.07) is 5.06. The normalized spacial score (nSPS) is 10.6. The fourth-order valence-electron chi connectivity index (χ4n) is 1.41. The zero-order valence-electron chi connectivity index (χ0n) is 10.1. The molecule has 96 valence electrons. The van der Waals surface area contributed by atoms with Gasteiger partial charge in [-0.1, -0.05) is 6.92 Å². The molecule has 2 N–H and O–H groups in total. The Balaban J connectivity index is 2.80. The molecule has 0 fully saturated rings. The van der Waals surface area contributed by atoms with Crippen molar-refractivity contribution in [3.8, 4) is 5.75 Å². The number of alkyl halides is 2. The molecule has 0 aliphatic heterocycles. The van der Waals surface area contributed by atoms with Crippen LogP contribution in [0.2, 0.25) is 0 Å². The van der Waals surface area contributed by atoms with Crippen LogP contribution < -0.4 is 15.4 Å². The van der Waals surface area contributed by atoms with E-state index in [0.29, 0.717) is 23.7 Å². The van der Waals surface area contributed by atoms with E-state index >= 15 is 0 Å². The molecule has 0 bridgehead atoms. The van der Waals surface area contributed by atoms with Crippen molar-refractivity contribution in [2.24, 2.45) is 0 Å². The first-order valence-electron chi connectivity index (χ1n) is 5.56. The van der Waals surface area contributed by atoms with Gasteiger partial charge in [-0.05, 0) is 18.6 Å². The highest BCUT2D eigenvalue weighted by Crippen LogP contribution is 2.27. The van der Waals surface area contributed by atoms with E-state index < -0.39 is 6.43 Å². The second kappa shape index (κ2) is 6.27. The van der Waals surface area contributed by atoms with Crippen molar-refractivity contribution in [3.05, 3.63) is 18.2 Å². The Morgan fingerprint density at radius 2 is 2.12 bits per heavy atom. The largest absolute Gasteiger partial charge is 0.491 e. The van der Waals surface area contributed by atoms with Crippen LogP contribution in [0.25, 0.3) is 0 Å². The maximum Gasteiger partial charge on any atom is 0.255 e.